The number of benzene rings is 1. The van der Waals surface area contributed by atoms with Crippen LogP contribution >= 0.6 is 0 Å². The molecule has 21 heavy (non-hydrogen) atoms. The standard InChI is InChI=1S/C19H24O2/c20-19(11-12-10-18(19)17-3-1-2-16(12)17)13-4-6-14(7-5-13)21-15-8-9-15/h4-7,12,15-18,20H,1-3,8-11H2. The predicted octanol–water partition coefficient (Wildman–Crippen LogP) is 3.87. The molecule has 5 unspecified atom stereocenters. The average Bonchev–Trinajstić information content (AvgIpc) is 2.93. The van der Waals surface area contributed by atoms with Crippen molar-refractivity contribution in [2.75, 3.05) is 0 Å². The van der Waals surface area contributed by atoms with Gasteiger partial charge in [-0.15, -0.1) is 0 Å². The molecular weight excluding hydrogens is 260 g/mol. The molecule has 5 rings (SSSR count). The molecule has 4 saturated carbocycles. The van der Waals surface area contributed by atoms with Crippen LogP contribution in [0.15, 0.2) is 24.3 Å². The summed E-state index contributed by atoms with van der Waals surface area (Å²) in [6.07, 6.45) is 9.21. The number of rotatable bonds is 3. The second-order valence-electron chi connectivity index (χ2n) is 7.83. The second kappa shape index (κ2) is 4.25. The van der Waals surface area contributed by atoms with Crippen molar-refractivity contribution in [1.82, 2.24) is 0 Å². The lowest BCUT2D eigenvalue weighted by Crippen LogP contribution is -2.38. The van der Waals surface area contributed by atoms with Crippen LogP contribution in [-0.2, 0) is 5.60 Å². The van der Waals surface area contributed by atoms with Crippen LogP contribution in [0.1, 0.15) is 50.5 Å². The number of aliphatic hydroxyl groups is 1. The maximum Gasteiger partial charge on any atom is 0.119 e. The Kier molecular flexibility index (Phi) is 2.54. The summed E-state index contributed by atoms with van der Waals surface area (Å²) in [6.45, 7) is 0. The number of ether oxygens (including phenoxy) is 1. The number of hydrogen-bond acceptors (Lipinski definition) is 2. The lowest BCUT2D eigenvalue weighted by molar-refractivity contribution is -0.0512. The Morgan fingerprint density at radius 3 is 2.52 bits per heavy atom. The molecule has 0 amide bonds. The van der Waals surface area contributed by atoms with Gasteiger partial charge in [-0.1, -0.05) is 18.6 Å². The molecule has 0 heterocycles. The van der Waals surface area contributed by atoms with Gasteiger partial charge in [0, 0.05) is 0 Å². The van der Waals surface area contributed by atoms with Crippen LogP contribution in [0.25, 0.3) is 0 Å². The van der Waals surface area contributed by atoms with Crippen molar-refractivity contribution in [1.29, 1.82) is 0 Å². The van der Waals surface area contributed by atoms with Crippen molar-refractivity contribution in [3.63, 3.8) is 0 Å². The van der Waals surface area contributed by atoms with E-state index in [4.69, 9.17) is 4.74 Å². The van der Waals surface area contributed by atoms with E-state index in [2.05, 4.69) is 24.3 Å². The fraction of sp³-hybridized carbons (Fsp3) is 0.684. The van der Waals surface area contributed by atoms with Crippen molar-refractivity contribution < 1.29 is 9.84 Å². The minimum absolute atomic E-state index is 0.445. The van der Waals surface area contributed by atoms with Crippen LogP contribution in [0.2, 0.25) is 0 Å². The monoisotopic (exact) mass is 284 g/mol. The molecule has 0 radical (unpaired) electrons. The first-order chi connectivity index (χ1) is 10.2. The molecule has 4 aliphatic carbocycles. The molecule has 0 aliphatic heterocycles. The van der Waals surface area contributed by atoms with Gasteiger partial charge in [0.2, 0.25) is 0 Å². The molecule has 4 aliphatic rings. The molecule has 0 spiro atoms. The Bertz CT molecular complexity index is 547. The van der Waals surface area contributed by atoms with E-state index in [1.54, 1.807) is 0 Å². The number of hydrogen-bond donors (Lipinski definition) is 1. The van der Waals surface area contributed by atoms with E-state index in [1.807, 2.05) is 0 Å². The smallest absolute Gasteiger partial charge is 0.119 e. The largest absolute Gasteiger partial charge is 0.490 e. The molecule has 4 fully saturated rings. The van der Waals surface area contributed by atoms with E-state index >= 15 is 0 Å². The summed E-state index contributed by atoms with van der Waals surface area (Å²) in [5.74, 6) is 3.95. The van der Waals surface area contributed by atoms with Gasteiger partial charge in [-0.25, -0.2) is 0 Å². The van der Waals surface area contributed by atoms with Gasteiger partial charge in [-0.2, -0.15) is 0 Å². The van der Waals surface area contributed by atoms with E-state index in [0.29, 0.717) is 12.0 Å². The number of fused-ring (bicyclic) bond motifs is 5. The van der Waals surface area contributed by atoms with E-state index in [-0.39, 0.29) is 0 Å². The van der Waals surface area contributed by atoms with Crippen LogP contribution in [0.3, 0.4) is 0 Å². The first kappa shape index (κ1) is 12.5. The summed E-state index contributed by atoms with van der Waals surface area (Å²) in [6, 6.07) is 8.35. The van der Waals surface area contributed by atoms with Gasteiger partial charge in [0.05, 0.1) is 11.7 Å². The van der Waals surface area contributed by atoms with Crippen molar-refractivity contribution in [2.24, 2.45) is 23.7 Å². The zero-order valence-corrected chi connectivity index (χ0v) is 12.5. The summed E-state index contributed by atoms with van der Waals surface area (Å²) in [4.78, 5) is 0. The second-order valence-corrected chi connectivity index (χ2v) is 7.83. The molecule has 0 saturated heterocycles. The predicted molar refractivity (Wildman–Crippen MR) is 81.0 cm³/mol. The van der Waals surface area contributed by atoms with Gasteiger partial charge in [-0.05, 0) is 79.9 Å². The molecule has 1 aromatic rings. The minimum atomic E-state index is -0.561. The van der Waals surface area contributed by atoms with E-state index in [9.17, 15) is 5.11 Å². The average molecular weight is 284 g/mol. The zero-order chi connectivity index (χ0) is 14.0. The van der Waals surface area contributed by atoms with Gasteiger partial charge in [0.15, 0.2) is 0 Å². The molecule has 112 valence electrons. The molecule has 2 heteroatoms. The van der Waals surface area contributed by atoms with Crippen LogP contribution in [0, 0.1) is 23.7 Å². The SMILES string of the molecule is OC1(c2ccc(OC3CC3)cc2)CC2CC1C1CCCC21. The van der Waals surface area contributed by atoms with E-state index < -0.39 is 5.60 Å². The maximum absolute atomic E-state index is 11.3. The third-order valence-corrected chi connectivity index (χ3v) is 6.67. The van der Waals surface area contributed by atoms with Crippen molar-refractivity contribution >= 4 is 0 Å². The third-order valence-electron chi connectivity index (χ3n) is 6.67. The third kappa shape index (κ3) is 1.81. The summed E-state index contributed by atoms with van der Waals surface area (Å²) in [5.41, 5.74) is 0.567. The lowest BCUT2D eigenvalue weighted by atomic mass is 9.70. The summed E-state index contributed by atoms with van der Waals surface area (Å²) >= 11 is 0. The Hall–Kier alpha value is -1.02. The summed E-state index contributed by atoms with van der Waals surface area (Å²) < 4.78 is 5.83. The molecule has 0 aromatic heterocycles. The van der Waals surface area contributed by atoms with Gasteiger partial charge in [0.25, 0.3) is 0 Å². The van der Waals surface area contributed by atoms with Crippen LogP contribution in [-0.4, -0.2) is 11.2 Å². The van der Waals surface area contributed by atoms with Crippen LogP contribution in [0.4, 0.5) is 0 Å². The first-order valence-electron chi connectivity index (χ1n) is 8.73. The quantitative estimate of drug-likeness (QED) is 0.913. The fourth-order valence-electron chi connectivity index (χ4n) is 5.65. The zero-order valence-electron chi connectivity index (χ0n) is 12.5. The molecule has 1 N–H and O–H groups in total. The minimum Gasteiger partial charge on any atom is -0.490 e. The molecule has 2 bridgehead atoms. The summed E-state index contributed by atoms with van der Waals surface area (Å²) in [5, 5.41) is 11.3. The fourth-order valence-corrected chi connectivity index (χ4v) is 5.65. The van der Waals surface area contributed by atoms with Crippen molar-refractivity contribution in [3.8, 4) is 5.75 Å². The van der Waals surface area contributed by atoms with E-state index in [1.165, 1.54) is 38.5 Å². The first-order valence-corrected chi connectivity index (χ1v) is 8.73. The Morgan fingerprint density at radius 2 is 1.76 bits per heavy atom. The highest BCUT2D eigenvalue weighted by molar-refractivity contribution is 5.34. The topological polar surface area (TPSA) is 29.5 Å². The molecule has 2 nitrogen and oxygen atoms in total. The van der Waals surface area contributed by atoms with Crippen molar-refractivity contribution in [3.05, 3.63) is 29.8 Å². The highest BCUT2D eigenvalue weighted by Gasteiger charge is 2.60. The normalized spacial score (nSPS) is 44.0. The van der Waals surface area contributed by atoms with Crippen molar-refractivity contribution in [2.45, 2.75) is 56.7 Å². The van der Waals surface area contributed by atoms with Gasteiger partial charge >= 0.3 is 0 Å². The maximum atomic E-state index is 11.3. The molecule has 1 aromatic carbocycles. The highest BCUT2D eigenvalue weighted by Crippen LogP contribution is 2.65. The van der Waals surface area contributed by atoms with Crippen LogP contribution < -0.4 is 4.74 Å². The molecule has 5 atom stereocenters. The van der Waals surface area contributed by atoms with E-state index in [0.717, 1.165) is 35.5 Å². The summed E-state index contributed by atoms with van der Waals surface area (Å²) in [7, 11) is 0. The lowest BCUT2D eigenvalue weighted by Gasteiger charge is -2.39. The van der Waals surface area contributed by atoms with Gasteiger partial charge < -0.3 is 9.84 Å². The van der Waals surface area contributed by atoms with Crippen LogP contribution in [0.5, 0.6) is 5.75 Å². The Labute approximate surface area is 126 Å². The van der Waals surface area contributed by atoms with Gasteiger partial charge in [-0.3, -0.25) is 0 Å². The molecular formula is C19H24O2. The Morgan fingerprint density at radius 1 is 1.00 bits per heavy atom. The Balaban J connectivity index is 1.41. The van der Waals surface area contributed by atoms with Gasteiger partial charge in [0.1, 0.15) is 5.75 Å². The highest BCUT2D eigenvalue weighted by atomic mass is 16.5.